The summed E-state index contributed by atoms with van der Waals surface area (Å²) in [5.74, 6) is -0.237. The number of aliphatic carboxylic acids is 1. The second-order valence-electron chi connectivity index (χ2n) is 3.80. The van der Waals surface area contributed by atoms with Gasteiger partial charge in [-0.15, -0.1) is 0 Å². The van der Waals surface area contributed by atoms with Crippen molar-refractivity contribution in [2.75, 3.05) is 6.54 Å². The number of hydrazone groups is 1. The lowest BCUT2D eigenvalue weighted by Gasteiger charge is -2.04. The molecule has 0 bridgehead atoms. The lowest BCUT2D eigenvalue weighted by atomic mass is 10.1. The predicted octanol–water partition coefficient (Wildman–Crippen LogP) is 1.86. The number of carboxylic acid groups (broad SMARTS) is 1. The van der Waals surface area contributed by atoms with Crippen LogP contribution < -0.4 is 5.43 Å². The van der Waals surface area contributed by atoms with Crippen LogP contribution in [0, 0.1) is 5.92 Å². The number of carbonyl (C=O) groups is 1. The van der Waals surface area contributed by atoms with Crippen LogP contribution in [0.5, 0.6) is 0 Å². The van der Waals surface area contributed by atoms with Gasteiger partial charge < -0.3 is 10.5 Å². The van der Waals surface area contributed by atoms with Gasteiger partial charge in [0.25, 0.3) is 0 Å². The van der Waals surface area contributed by atoms with Gasteiger partial charge in [0, 0.05) is 6.54 Å². The van der Waals surface area contributed by atoms with Gasteiger partial charge in [-0.05, 0) is 19.3 Å². The molecule has 0 aromatic rings. The highest BCUT2D eigenvalue weighted by Gasteiger charge is 1.99. The van der Waals surface area contributed by atoms with Crippen LogP contribution in [0.1, 0.15) is 40.0 Å². The van der Waals surface area contributed by atoms with Crippen molar-refractivity contribution in [2.24, 2.45) is 11.0 Å². The minimum Gasteiger partial charge on any atom is -0.477 e. The first kappa shape index (κ1) is 12.9. The van der Waals surface area contributed by atoms with Gasteiger partial charge in [0.2, 0.25) is 0 Å². The summed E-state index contributed by atoms with van der Waals surface area (Å²) < 4.78 is 0. The van der Waals surface area contributed by atoms with E-state index in [2.05, 4.69) is 24.4 Å². The zero-order chi connectivity index (χ0) is 11.0. The average molecular weight is 200 g/mol. The lowest BCUT2D eigenvalue weighted by Crippen LogP contribution is -2.16. The predicted molar refractivity (Wildman–Crippen MR) is 57.4 cm³/mol. The van der Waals surface area contributed by atoms with Crippen LogP contribution in [0.25, 0.3) is 0 Å². The van der Waals surface area contributed by atoms with E-state index < -0.39 is 5.97 Å². The summed E-state index contributed by atoms with van der Waals surface area (Å²) in [6.07, 6.45) is 3.41. The number of carboxylic acids is 1. The van der Waals surface area contributed by atoms with Crippen LogP contribution in [-0.2, 0) is 4.79 Å². The SMILES string of the molecule is C/C(=N/NCCCCC(C)C)C(=O)O. The van der Waals surface area contributed by atoms with E-state index in [0.717, 1.165) is 25.3 Å². The molecule has 0 radical (unpaired) electrons. The normalized spacial score (nSPS) is 11.9. The highest BCUT2D eigenvalue weighted by molar-refractivity contribution is 6.34. The topological polar surface area (TPSA) is 61.7 Å². The number of rotatable bonds is 7. The molecule has 0 aromatic carbocycles. The average Bonchev–Trinajstić information content (AvgIpc) is 2.09. The van der Waals surface area contributed by atoms with E-state index in [1.54, 1.807) is 0 Å². The van der Waals surface area contributed by atoms with Gasteiger partial charge in [-0.3, -0.25) is 0 Å². The minimum atomic E-state index is -0.973. The summed E-state index contributed by atoms with van der Waals surface area (Å²) in [5, 5.41) is 12.2. The maximum Gasteiger partial charge on any atom is 0.351 e. The molecule has 14 heavy (non-hydrogen) atoms. The molecule has 0 saturated carbocycles. The van der Waals surface area contributed by atoms with E-state index in [1.807, 2.05) is 0 Å². The van der Waals surface area contributed by atoms with Crippen molar-refractivity contribution >= 4 is 11.7 Å². The van der Waals surface area contributed by atoms with Gasteiger partial charge in [-0.1, -0.05) is 26.7 Å². The molecule has 4 nitrogen and oxygen atoms in total. The van der Waals surface area contributed by atoms with Crippen molar-refractivity contribution in [1.29, 1.82) is 0 Å². The molecule has 0 aliphatic rings. The zero-order valence-electron chi connectivity index (χ0n) is 9.21. The molecule has 0 atom stereocenters. The first-order chi connectivity index (χ1) is 6.54. The second-order valence-corrected chi connectivity index (χ2v) is 3.80. The molecule has 0 rings (SSSR count). The first-order valence-electron chi connectivity index (χ1n) is 5.04. The molecular formula is C10H20N2O2. The van der Waals surface area contributed by atoms with Crippen molar-refractivity contribution < 1.29 is 9.90 Å². The van der Waals surface area contributed by atoms with E-state index >= 15 is 0 Å². The number of nitrogens with zero attached hydrogens (tertiary/aromatic N) is 1. The highest BCUT2D eigenvalue weighted by Crippen LogP contribution is 2.04. The third-order valence-electron chi connectivity index (χ3n) is 1.88. The van der Waals surface area contributed by atoms with Crippen molar-refractivity contribution in [2.45, 2.75) is 40.0 Å². The summed E-state index contributed by atoms with van der Waals surface area (Å²) in [5.41, 5.74) is 2.85. The molecule has 82 valence electrons. The Balaban J connectivity index is 3.38. The highest BCUT2D eigenvalue weighted by atomic mass is 16.4. The number of hydrogen-bond acceptors (Lipinski definition) is 3. The van der Waals surface area contributed by atoms with Crippen LogP contribution in [0.15, 0.2) is 5.10 Å². The number of nitrogens with one attached hydrogen (secondary N) is 1. The quantitative estimate of drug-likeness (QED) is 0.374. The van der Waals surface area contributed by atoms with Crippen molar-refractivity contribution in [3.63, 3.8) is 0 Å². The maximum absolute atomic E-state index is 10.3. The van der Waals surface area contributed by atoms with E-state index in [1.165, 1.54) is 13.3 Å². The van der Waals surface area contributed by atoms with Crippen LogP contribution in [-0.4, -0.2) is 23.3 Å². The smallest absolute Gasteiger partial charge is 0.351 e. The molecule has 0 heterocycles. The standard InChI is InChI=1S/C10H20N2O2/c1-8(2)6-4-5-7-11-12-9(3)10(13)14/h8,11H,4-7H2,1-3H3,(H,13,14)/b12-9-. The fourth-order valence-corrected chi connectivity index (χ4v) is 0.979. The maximum atomic E-state index is 10.3. The molecule has 0 spiro atoms. The Bertz CT molecular complexity index is 200. The Kier molecular flexibility index (Phi) is 6.80. The van der Waals surface area contributed by atoms with Crippen LogP contribution in [0.3, 0.4) is 0 Å². The molecular weight excluding hydrogens is 180 g/mol. The Hall–Kier alpha value is -1.06. The molecule has 0 amide bonds. The van der Waals surface area contributed by atoms with Crippen LogP contribution in [0.2, 0.25) is 0 Å². The lowest BCUT2D eigenvalue weighted by molar-refractivity contribution is -0.129. The molecule has 2 N–H and O–H groups in total. The van der Waals surface area contributed by atoms with Crippen molar-refractivity contribution in [3.8, 4) is 0 Å². The Morgan fingerprint density at radius 3 is 2.57 bits per heavy atom. The third kappa shape index (κ3) is 7.58. The van der Waals surface area contributed by atoms with Gasteiger partial charge >= 0.3 is 5.97 Å². The summed E-state index contributed by atoms with van der Waals surface area (Å²) in [7, 11) is 0. The van der Waals surface area contributed by atoms with Crippen molar-refractivity contribution in [3.05, 3.63) is 0 Å². The van der Waals surface area contributed by atoms with E-state index in [0.29, 0.717) is 0 Å². The third-order valence-corrected chi connectivity index (χ3v) is 1.88. The molecule has 0 fully saturated rings. The number of unbranched alkanes of at least 4 members (excludes halogenated alkanes) is 1. The van der Waals surface area contributed by atoms with Gasteiger partial charge in [0.15, 0.2) is 0 Å². The van der Waals surface area contributed by atoms with Crippen LogP contribution in [0.4, 0.5) is 0 Å². The zero-order valence-corrected chi connectivity index (χ0v) is 9.21. The fraction of sp³-hybridized carbons (Fsp3) is 0.800. The van der Waals surface area contributed by atoms with E-state index in [9.17, 15) is 4.79 Å². The van der Waals surface area contributed by atoms with Gasteiger partial charge in [0.1, 0.15) is 5.71 Å². The fourth-order valence-electron chi connectivity index (χ4n) is 0.979. The summed E-state index contributed by atoms with van der Waals surface area (Å²) >= 11 is 0. The van der Waals surface area contributed by atoms with Gasteiger partial charge in [0.05, 0.1) is 0 Å². The Morgan fingerprint density at radius 2 is 2.07 bits per heavy atom. The Morgan fingerprint density at radius 1 is 1.43 bits per heavy atom. The first-order valence-corrected chi connectivity index (χ1v) is 5.04. The molecule has 0 aliphatic heterocycles. The monoisotopic (exact) mass is 200 g/mol. The van der Waals surface area contributed by atoms with Crippen molar-refractivity contribution in [1.82, 2.24) is 5.43 Å². The minimum absolute atomic E-state index is 0.105. The summed E-state index contributed by atoms with van der Waals surface area (Å²) in [4.78, 5) is 10.3. The molecule has 0 unspecified atom stereocenters. The molecule has 4 heteroatoms. The van der Waals surface area contributed by atoms with Gasteiger partial charge in [-0.2, -0.15) is 5.10 Å². The molecule has 0 aliphatic carbocycles. The van der Waals surface area contributed by atoms with E-state index in [-0.39, 0.29) is 5.71 Å². The number of hydrogen-bond donors (Lipinski definition) is 2. The van der Waals surface area contributed by atoms with Crippen LogP contribution >= 0.6 is 0 Å². The summed E-state index contributed by atoms with van der Waals surface area (Å²) in [6.45, 7) is 6.61. The van der Waals surface area contributed by atoms with E-state index in [4.69, 9.17) is 5.11 Å². The Labute approximate surface area is 85.4 Å². The van der Waals surface area contributed by atoms with Gasteiger partial charge in [-0.25, -0.2) is 4.79 Å². The second kappa shape index (κ2) is 7.35. The molecule has 0 saturated heterocycles. The molecule has 0 aromatic heterocycles. The summed E-state index contributed by atoms with van der Waals surface area (Å²) in [6, 6.07) is 0. The largest absolute Gasteiger partial charge is 0.477 e.